The monoisotopic (exact) mass is 358 g/mol. The van der Waals surface area contributed by atoms with Gasteiger partial charge in [0.2, 0.25) is 5.91 Å². The SMILES string of the molecule is Cc1cccc(NC(=O)CN(C)Cc2cc(F)cc3c2OCOC3)c1C. The molecule has 0 radical (unpaired) electrons. The third-order valence-electron chi connectivity index (χ3n) is 4.48. The number of hydrogen-bond acceptors (Lipinski definition) is 4. The molecule has 0 fully saturated rings. The molecular weight excluding hydrogens is 335 g/mol. The number of nitrogens with one attached hydrogen (secondary N) is 1. The van der Waals surface area contributed by atoms with Gasteiger partial charge in [0, 0.05) is 23.4 Å². The van der Waals surface area contributed by atoms with Crippen molar-refractivity contribution in [2.24, 2.45) is 0 Å². The molecule has 0 atom stereocenters. The molecule has 0 aromatic heterocycles. The topological polar surface area (TPSA) is 50.8 Å². The molecule has 0 spiro atoms. The first-order chi connectivity index (χ1) is 12.4. The van der Waals surface area contributed by atoms with Crippen molar-refractivity contribution in [2.75, 3.05) is 25.7 Å². The van der Waals surface area contributed by atoms with Gasteiger partial charge in [0.05, 0.1) is 13.2 Å². The van der Waals surface area contributed by atoms with Crippen LogP contribution in [-0.2, 0) is 22.7 Å². The first-order valence-electron chi connectivity index (χ1n) is 8.50. The highest BCUT2D eigenvalue weighted by Crippen LogP contribution is 2.30. The fraction of sp³-hybridized carbons (Fsp3) is 0.350. The average molecular weight is 358 g/mol. The summed E-state index contributed by atoms with van der Waals surface area (Å²) in [6, 6.07) is 8.68. The van der Waals surface area contributed by atoms with Gasteiger partial charge in [-0.2, -0.15) is 0 Å². The van der Waals surface area contributed by atoms with Crippen LogP contribution in [0.25, 0.3) is 0 Å². The minimum absolute atomic E-state index is 0.115. The minimum atomic E-state index is -0.332. The number of halogens is 1. The smallest absolute Gasteiger partial charge is 0.238 e. The fourth-order valence-corrected chi connectivity index (χ4v) is 3.04. The third-order valence-corrected chi connectivity index (χ3v) is 4.48. The van der Waals surface area contributed by atoms with Crippen LogP contribution in [0.5, 0.6) is 5.75 Å². The Labute approximate surface area is 152 Å². The molecule has 0 aliphatic carbocycles. The van der Waals surface area contributed by atoms with Crippen LogP contribution in [-0.4, -0.2) is 31.2 Å². The molecule has 1 aliphatic rings. The standard InChI is InChI=1S/C20H23FN2O3/c1-13-5-4-6-18(14(13)2)22-19(24)10-23(3)9-15-7-17(21)8-16-11-25-12-26-20(15)16/h4-8H,9-12H2,1-3H3,(H,22,24). The van der Waals surface area contributed by atoms with Gasteiger partial charge < -0.3 is 14.8 Å². The number of fused-ring (bicyclic) bond motifs is 1. The summed E-state index contributed by atoms with van der Waals surface area (Å²) in [6.45, 7) is 5.07. The van der Waals surface area contributed by atoms with E-state index in [2.05, 4.69) is 5.32 Å². The van der Waals surface area contributed by atoms with Crippen molar-refractivity contribution in [1.29, 1.82) is 0 Å². The second kappa shape index (κ2) is 7.85. The number of benzene rings is 2. The van der Waals surface area contributed by atoms with E-state index in [4.69, 9.17) is 9.47 Å². The summed E-state index contributed by atoms with van der Waals surface area (Å²) in [7, 11) is 1.82. The first-order valence-corrected chi connectivity index (χ1v) is 8.50. The van der Waals surface area contributed by atoms with Crippen LogP contribution in [0.1, 0.15) is 22.3 Å². The van der Waals surface area contributed by atoms with E-state index in [1.165, 1.54) is 12.1 Å². The van der Waals surface area contributed by atoms with E-state index in [1.54, 1.807) is 0 Å². The number of anilines is 1. The van der Waals surface area contributed by atoms with Crippen molar-refractivity contribution in [1.82, 2.24) is 4.90 Å². The van der Waals surface area contributed by atoms with Crippen LogP contribution in [0.3, 0.4) is 0 Å². The Morgan fingerprint density at radius 1 is 1.31 bits per heavy atom. The van der Waals surface area contributed by atoms with E-state index < -0.39 is 0 Å². The molecule has 1 amide bonds. The van der Waals surface area contributed by atoms with Gasteiger partial charge in [-0.3, -0.25) is 9.69 Å². The second-order valence-electron chi connectivity index (χ2n) is 6.63. The number of hydrogen-bond donors (Lipinski definition) is 1. The average Bonchev–Trinajstić information content (AvgIpc) is 2.58. The zero-order chi connectivity index (χ0) is 18.7. The van der Waals surface area contributed by atoms with Crippen molar-refractivity contribution in [3.05, 3.63) is 58.4 Å². The van der Waals surface area contributed by atoms with Crippen molar-refractivity contribution >= 4 is 11.6 Å². The molecule has 3 rings (SSSR count). The predicted molar refractivity (Wildman–Crippen MR) is 97.6 cm³/mol. The maximum absolute atomic E-state index is 13.8. The number of rotatable bonds is 5. The molecule has 1 heterocycles. The van der Waals surface area contributed by atoms with Gasteiger partial charge in [0.25, 0.3) is 0 Å². The van der Waals surface area contributed by atoms with Crippen molar-refractivity contribution < 1.29 is 18.7 Å². The van der Waals surface area contributed by atoms with Crippen LogP contribution < -0.4 is 10.1 Å². The normalized spacial score (nSPS) is 13.3. The Morgan fingerprint density at radius 2 is 2.12 bits per heavy atom. The van der Waals surface area contributed by atoms with Gasteiger partial charge in [-0.25, -0.2) is 4.39 Å². The van der Waals surface area contributed by atoms with Crippen LogP contribution in [0.4, 0.5) is 10.1 Å². The van der Waals surface area contributed by atoms with Gasteiger partial charge in [-0.1, -0.05) is 12.1 Å². The summed E-state index contributed by atoms with van der Waals surface area (Å²) < 4.78 is 24.5. The number of carbonyl (C=O) groups excluding carboxylic acids is 1. The lowest BCUT2D eigenvalue weighted by molar-refractivity contribution is -0.117. The third kappa shape index (κ3) is 4.20. The van der Waals surface area contributed by atoms with E-state index in [1.807, 2.05) is 44.0 Å². The molecule has 2 aromatic rings. The highest BCUT2D eigenvalue weighted by Gasteiger charge is 2.19. The van der Waals surface area contributed by atoms with Crippen molar-refractivity contribution in [3.63, 3.8) is 0 Å². The molecular formula is C20H23FN2O3. The minimum Gasteiger partial charge on any atom is -0.467 e. The van der Waals surface area contributed by atoms with Crippen LogP contribution in [0.15, 0.2) is 30.3 Å². The van der Waals surface area contributed by atoms with Crippen LogP contribution in [0.2, 0.25) is 0 Å². The summed E-state index contributed by atoms with van der Waals surface area (Å²) in [4.78, 5) is 14.2. The van der Waals surface area contributed by atoms with Crippen LogP contribution in [0, 0.1) is 19.7 Å². The Morgan fingerprint density at radius 3 is 2.92 bits per heavy atom. The summed E-state index contributed by atoms with van der Waals surface area (Å²) in [5, 5.41) is 2.94. The molecule has 2 aromatic carbocycles. The van der Waals surface area contributed by atoms with E-state index in [0.717, 1.165) is 16.8 Å². The zero-order valence-electron chi connectivity index (χ0n) is 15.3. The predicted octanol–water partition coefficient (Wildman–Crippen LogP) is 3.38. The molecule has 0 saturated heterocycles. The van der Waals surface area contributed by atoms with Gasteiger partial charge >= 0.3 is 0 Å². The van der Waals surface area contributed by atoms with Crippen LogP contribution >= 0.6 is 0 Å². The Hall–Kier alpha value is -2.44. The molecule has 1 aliphatic heterocycles. The zero-order valence-corrected chi connectivity index (χ0v) is 15.3. The Kier molecular flexibility index (Phi) is 5.54. The molecule has 0 unspecified atom stereocenters. The largest absolute Gasteiger partial charge is 0.467 e. The van der Waals surface area contributed by atoms with Gasteiger partial charge in [-0.15, -0.1) is 0 Å². The fourth-order valence-electron chi connectivity index (χ4n) is 3.04. The lowest BCUT2D eigenvalue weighted by atomic mass is 10.1. The van der Waals surface area contributed by atoms with E-state index in [0.29, 0.717) is 30.0 Å². The van der Waals surface area contributed by atoms with Gasteiger partial charge in [0.15, 0.2) is 6.79 Å². The number of nitrogens with zero attached hydrogens (tertiary/aromatic N) is 1. The molecule has 0 bridgehead atoms. The molecule has 1 N–H and O–H groups in total. The lowest BCUT2D eigenvalue weighted by Gasteiger charge is -2.23. The van der Waals surface area contributed by atoms with E-state index >= 15 is 0 Å². The number of amides is 1. The summed E-state index contributed by atoms with van der Waals surface area (Å²) in [6.07, 6.45) is 0. The number of ether oxygens (including phenoxy) is 2. The molecule has 26 heavy (non-hydrogen) atoms. The number of aryl methyl sites for hydroxylation is 1. The maximum Gasteiger partial charge on any atom is 0.238 e. The van der Waals surface area contributed by atoms with E-state index in [9.17, 15) is 9.18 Å². The Bertz CT molecular complexity index is 823. The summed E-state index contributed by atoms with van der Waals surface area (Å²) in [5.74, 6) is 0.205. The highest BCUT2D eigenvalue weighted by molar-refractivity contribution is 5.93. The van der Waals surface area contributed by atoms with E-state index in [-0.39, 0.29) is 25.1 Å². The maximum atomic E-state index is 13.8. The lowest BCUT2D eigenvalue weighted by Crippen LogP contribution is -2.30. The number of carbonyl (C=O) groups is 1. The second-order valence-corrected chi connectivity index (χ2v) is 6.63. The first kappa shape index (κ1) is 18.4. The molecule has 5 nitrogen and oxygen atoms in total. The van der Waals surface area contributed by atoms with Gasteiger partial charge in [-0.05, 0) is 50.2 Å². The van der Waals surface area contributed by atoms with Crippen molar-refractivity contribution in [3.8, 4) is 5.75 Å². The summed E-state index contributed by atoms with van der Waals surface area (Å²) >= 11 is 0. The molecule has 0 saturated carbocycles. The number of likely N-dealkylation sites (N-methyl/N-ethyl adjacent to an activating group) is 1. The van der Waals surface area contributed by atoms with Crippen molar-refractivity contribution in [2.45, 2.75) is 27.0 Å². The quantitative estimate of drug-likeness (QED) is 0.890. The van der Waals surface area contributed by atoms with Gasteiger partial charge in [0.1, 0.15) is 11.6 Å². The Balaban J connectivity index is 1.65. The molecule has 138 valence electrons. The highest BCUT2D eigenvalue weighted by atomic mass is 19.1. The molecule has 6 heteroatoms. The summed E-state index contributed by atoms with van der Waals surface area (Å²) in [5.41, 5.74) is 4.40.